The number of rotatable bonds is 16. The van der Waals surface area contributed by atoms with Crippen molar-refractivity contribution in [3.8, 4) is 0 Å². The Morgan fingerprint density at radius 1 is 1.05 bits per heavy atom. The highest BCUT2D eigenvalue weighted by atomic mass is 32.2. The van der Waals surface area contributed by atoms with Gasteiger partial charge in [-0.05, 0) is 16.7 Å². The summed E-state index contributed by atoms with van der Waals surface area (Å²) in [7, 11) is 0. The normalized spacial score (nSPS) is 17.4. The molecule has 7 rings (SSSR count). The van der Waals surface area contributed by atoms with Crippen molar-refractivity contribution in [3.63, 3.8) is 0 Å². The van der Waals surface area contributed by atoms with Crippen molar-refractivity contribution in [3.05, 3.63) is 137 Å². The summed E-state index contributed by atoms with van der Waals surface area (Å²) in [5.74, 6) is -3.23. The van der Waals surface area contributed by atoms with Crippen molar-refractivity contribution in [1.82, 2.24) is 24.3 Å². The number of anilines is 2. The number of carboxylic acid groups (broad SMARTS) is 1. The highest BCUT2D eigenvalue weighted by Crippen LogP contribution is 2.42. The van der Waals surface area contributed by atoms with Gasteiger partial charge in [-0.1, -0.05) is 96.2 Å². The number of benzene rings is 3. The molecule has 0 aliphatic carbocycles. The lowest BCUT2D eigenvalue weighted by Crippen LogP contribution is -2.71. The monoisotopic (exact) mass is 815 g/mol. The number of fused-ring (bicyclic) bond motifs is 1. The number of aliphatic hydroxyl groups is 1. The second-order valence-electron chi connectivity index (χ2n) is 12.8. The average Bonchev–Trinajstić information content (AvgIpc) is 3.84. The third kappa shape index (κ3) is 7.68. The predicted octanol–water partition coefficient (Wildman–Crippen LogP) is 1.70. The zero-order chi connectivity index (χ0) is 40.1. The van der Waals surface area contributed by atoms with Gasteiger partial charge in [0.2, 0.25) is 16.7 Å². The Balaban J connectivity index is 1.17. The van der Waals surface area contributed by atoms with Crippen LogP contribution in [0, 0.1) is 0 Å². The van der Waals surface area contributed by atoms with Gasteiger partial charge in [0.1, 0.15) is 23.5 Å². The number of carbonyl (C=O) groups is 3. The van der Waals surface area contributed by atoms with E-state index in [4.69, 9.17) is 5.73 Å². The number of aliphatic hydroxyl groups excluding tert-OH is 1. The molecule has 294 valence electrons. The molecule has 5 N–H and O–H groups in total. The molecular formula is C38H35F2N9O6S2. The Kier molecular flexibility index (Phi) is 11.6. The van der Waals surface area contributed by atoms with E-state index in [0.717, 1.165) is 33.1 Å². The van der Waals surface area contributed by atoms with Crippen LogP contribution < -0.4 is 26.2 Å². The van der Waals surface area contributed by atoms with Crippen LogP contribution in [0.1, 0.15) is 22.5 Å². The zero-order valence-electron chi connectivity index (χ0n) is 29.9. The summed E-state index contributed by atoms with van der Waals surface area (Å²) >= 11 is 2.07. The largest absolute Gasteiger partial charge is 0.543 e. The maximum atomic E-state index is 14.0. The molecule has 15 nitrogen and oxygen atoms in total. The summed E-state index contributed by atoms with van der Waals surface area (Å²) in [5, 5.41) is 30.9. The van der Waals surface area contributed by atoms with E-state index in [1.807, 2.05) is 91.0 Å². The Bertz CT molecular complexity index is 2210. The van der Waals surface area contributed by atoms with Crippen LogP contribution in [0.2, 0.25) is 0 Å². The van der Waals surface area contributed by atoms with Crippen molar-refractivity contribution >= 4 is 57.7 Å². The number of alkyl halides is 2. The lowest BCUT2D eigenvalue weighted by molar-refractivity contribution is -0.767. The van der Waals surface area contributed by atoms with E-state index in [0.29, 0.717) is 11.4 Å². The first-order chi connectivity index (χ1) is 27.7. The summed E-state index contributed by atoms with van der Waals surface area (Å²) in [6, 6.07) is 29.2. The molecule has 4 heterocycles. The molecule has 1 unspecified atom stereocenters. The third-order valence-corrected chi connectivity index (χ3v) is 11.3. The lowest BCUT2D eigenvalue weighted by Gasteiger charge is -2.50. The van der Waals surface area contributed by atoms with Gasteiger partial charge in [0.25, 0.3) is 18.2 Å². The number of hydrogen-bond acceptors (Lipinski definition) is 13. The Labute approximate surface area is 332 Å². The van der Waals surface area contributed by atoms with E-state index in [-0.39, 0.29) is 42.1 Å². The topological polar surface area (TPSA) is 204 Å². The molecule has 5 aromatic rings. The first-order valence-electron chi connectivity index (χ1n) is 17.5. The number of β-lactam (4-membered cyclic amide) rings is 1. The fraction of sp³-hybridized carbons (Fsp3) is 0.237. The summed E-state index contributed by atoms with van der Waals surface area (Å²) in [5.41, 5.74) is 6.87. The van der Waals surface area contributed by atoms with Gasteiger partial charge in [-0.2, -0.15) is 13.7 Å². The Morgan fingerprint density at radius 2 is 1.67 bits per heavy atom. The van der Waals surface area contributed by atoms with Crippen molar-refractivity contribution < 1.29 is 42.9 Å². The van der Waals surface area contributed by atoms with Gasteiger partial charge in [0.15, 0.2) is 25.2 Å². The standard InChI is InChI=1S/C38H35F2N9O6S2/c39-20-27(40)55-45-29(33(51)42-30-34(52)49-31(36(53)54)23(22-56-35(30)49)21-47-17-16-28(41)48(47)18-19-50)32-43-37(57-46-32)44-38(24-10-4-1-5-11-24,25-12-6-2-7-13-25)26-14-8-3-9-15-26/h1-17,27,30,35,41,50H,18-22H2,(H3,42,43,44,46,51,53,54)/t27?,30-,35-/m1/s1. The third-order valence-electron chi connectivity index (χ3n) is 9.36. The number of oxime groups is 1. The average molecular weight is 816 g/mol. The first kappa shape index (κ1) is 39.1. The minimum absolute atomic E-state index is 0.0279. The van der Waals surface area contributed by atoms with Gasteiger partial charge in [-0.25, -0.2) is 4.39 Å². The van der Waals surface area contributed by atoms with Gasteiger partial charge in [-0.3, -0.25) is 14.5 Å². The number of carbonyl (C=O) groups excluding carboxylic acids is 3. The zero-order valence-corrected chi connectivity index (χ0v) is 31.5. The molecule has 3 aromatic carbocycles. The van der Waals surface area contributed by atoms with Crippen LogP contribution in [0.15, 0.2) is 120 Å². The van der Waals surface area contributed by atoms with Crippen molar-refractivity contribution in [2.75, 3.05) is 30.1 Å². The SMILES string of the molecule is Nc1cc[n+](CC2=C(C(=O)[O-])N3C(=O)[C@@H](NC(=O)C(=NOC(F)CF)c4nsc(NC(c5ccccc5)(c5ccccc5)c5ccccc5)n4)[C@H]3SC2)n1CCO. The number of nitrogens with one attached hydrogen (secondary N) is 2. The maximum absolute atomic E-state index is 14.0. The number of amides is 2. The number of nitrogens with zero attached hydrogens (tertiary/aromatic N) is 6. The highest BCUT2D eigenvalue weighted by molar-refractivity contribution is 8.00. The molecule has 1 saturated heterocycles. The Hall–Kier alpha value is -6.18. The molecule has 1 fully saturated rings. The second-order valence-corrected chi connectivity index (χ2v) is 14.6. The summed E-state index contributed by atoms with van der Waals surface area (Å²) in [4.78, 5) is 50.0. The molecule has 0 bridgehead atoms. The lowest BCUT2D eigenvalue weighted by atomic mass is 9.77. The van der Waals surface area contributed by atoms with Crippen LogP contribution in [0.25, 0.3) is 0 Å². The molecule has 19 heteroatoms. The predicted molar refractivity (Wildman–Crippen MR) is 204 cm³/mol. The molecular weight excluding hydrogens is 781 g/mol. The van der Waals surface area contributed by atoms with E-state index >= 15 is 0 Å². The first-order valence-corrected chi connectivity index (χ1v) is 19.4. The van der Waals surface area contributed by atoms with Crippen molar-refractivity contribution in [2.24, 2.45) is 5.16 Å². The van der Waals surface area contributed by atoms with Crippen LogP contribution in [-0.4, -0.2) is 84.3 Å². The smallest absolute Gasteiger partial charge is 0.292 e. The summed E-state index contributed by atoms with van der Waals surface area (Å²) < 4.78 is 34.6. The van der Waals surface area contributed by atoms with Crippen molar-refractivity contribution in [2.45, 2.75) is 36.4 Å². The number of halogens is 2. The number of nitrogen functional groups attached to an aromatic ring is 1. The number of nitrogens with two attached hydrogens (primary N) is 1. The number of aromatic nitrogens is 4. The summed E-state index contributed by atoms with van der Waals surface area (Å²) in [6.45, 7) is -1.59. The molecule has 2 aliphatic rings. The van der Waals surface area contributed by atoms with E-state index in [1.54, 1.807) is 21.6 Å². The second kappa shape index (κ2) is 16.9. The van der Waals surface area contributed by atoms with Gasteiger partial charge < -0.3 is 36.2 Å². The van der Waals surface area contributed by atoms with Gasteiger partial charge >= 0.3 is 0 Å². The molecule has 57 heavy (non-hydrogen) atoms. The Morgan fingerprint density at radius 3 is 2.23 bits per heavy atom. The number of hydrogen-bond donors (Lipinski definition) is 4. The van der Waals surface area contributed by atoms with E-state index in [2.05, 4.69) is 30.0 Å². The molecule has 2 aliphatic heterocycles. The molecule has 2 amide bonds. The van der Waals surface area contributed by atoms with Gasteiger partial charge in [0, 0.05) is 22.9 Å². The van der Waals surface area contributed by atoms with Gasteiger partial charge in [-0.15, -0.1) is 21.1 Å². The van der Waals surface area contributed by atoms with Crippen LogP contribution in [0.4, 0.5) is 19.7 Å². The minimum Gasteiger partial charge on any atom is -0.543 e. The molecule has 0 saturated carbocycles. The van der Waals surface area contributed by atoms with E-state index in [9.17, 15) is 33.4 Å². The minimum atomic E-state index is -2.51. The molecule has 0 spiro atoms. The molecule has 2 aromatic heterocycles. The van der Waals surface area contributed by atoms with Crippen LogP contribution in [0.5, 0.6) is 0 Å². The maximum Gasteiger partial charge on any atom is 0.292 e. The number of carboxylic acids is 1. The number of thioether (sulfide) groups is 1. The molecule has 0 radical (unpaired) electrons. The van der Waals surface area contributed by atoms with Crippen LogP contribution in [-0.2, 0) is 37.8 Å². The fourth-order valence-corrected chi connectivity index (χ4v) is 8.76. The van der Waals surface area contributed by atoms with Gasteiger partial charge in [0.05, 0.1) is 24.3 Å². The fourth-order valence-electron chi connectivity index (χ4n) is 6.80. The number of aliphatic carboxylic acids is 1. The van der Waals surface area contributed by atoms with Crippen LogP contribution in [0.3, 0.4) is 0 Å². The van der Waals surface area contributed by atoms with Crippen molar-refractivity contribution in [1.29, 1.82) is 0 Å². The highest BCUT2D eigenvalue weighted by Gasteiger charge is 2.53. The van der Waals surface area contributed by atoms with E-state index in [1.165, 1.54) is 11.8 Å². The van der Waals surface area contributed by atoms with E-state index < -0.39 is 53.5 Å². The van der Waals surface area contributed by atoms with Crippen LogP contribution >= 0.6 is 23.3 Å². The summed E-state index contributed by atoms with van der Waals surface area (Å²) in [6.07, 6.45) is -0.893. The molecule has 3 atom stereocenters. The quantitative estimate of drug-likeness (QED) is 0.0371.